The Kier molecular flexibility index (Phi) is 8.40. The van der Waals surface area contributed by atoms with E-state index < -0.39 is 0 Å². The Morgan fingerprint density at radius 1 is 1.11 bits per heavy atom. The quantitative estimate of drug-likeness (QED) is 0.639. The summed E-state index contributed by atoms with van der Waals surface area (Å²) < 4.78 is 0. The van der Waals surface area contributed by atoms with Gasteiger partial charge in [0.25, 0.3) is 0 Å². The van der Waals surface area contributed by atoms with E-state index in [4.69, 9.17) is 0 Å². The zero-order chi connectivity index (χ0) is 13.1. The fourth-order valence-electron chi connectivity index (χ4n) is 2.25. The van der Waals surface area contributed by atoms with Crippen LogP contribution in [0.15, 0.2) is 18.6 Å². The summed E-state index contributed by atoms with van der Waals surface area (Å²) in [5.41, 5.74) is 1.11. The summed E-state index contributed by atoms with van der Waals surface area (Å²) in [5.74, 6) is 0. The standard InChI is InChI=1S/C15H27N3/c1-3-4-5-6-7-8-9-10-14(16-2)15-11-12-17-13-18-15/h11-14,16H,3-10H2,1-2H3. The van der Waals surface area contributed by atoms with Gasteiger partial charge >= 0.3 is 0 Å². The molecular formula is C15H27N3. The third-order valence-corrected chi connectivity index (χ3v) is 3.41. The smallest absolute Gasteiger partial charge is 0.115 e. The molecule has 3 heteroatoms. The van der Waals surface area contributed by atoms with Gasteiger partial charge in [0.05, 0.1) is 5.69 Å². The van der Waals surface area contributed by atoms with Gasteiger partial charge in [0.15, 0.2) is 0 Å². The first kappa shape index (κ1) is 15.1. The van der Waals surface area contributed by atoms with Gasteiger partial charge in [-0.25, -0.2) is 9.97 Å². The maximum absolute atomic E-state index is 4.32. The highest BCUT2D eigenvalue weighted by molar-refractivity contribution is 5.04. The van der Waals surface area contributed by atoms with Crippen LogP contribution in [0.2, 0.25) is 0 Å². The van der Waals surface area contributed by atoms with Gasteiger partial charge < -0.3 is 5.32 Å². The Labute approximate surface area is 111 Å². The number of nitrogens with zero attached hydrogens (tertiary/aromatic N) is 2. The number of unbranched alkanes of at least 4 members (excludes halogenated alkanes) is 6. The van der Waals surface area contributed by atoms with Gasteiger partial charge in [-0.1, -0.05) is 51.9 Å². The molecule has 1 N–H and O–H groups in total. The zero-order valence-electron chi connectivity index (χ0n) is 11.9. The van der Waals surface area contributed by atoms with Crippen LogP contribution in [0.5, 0.6) is 0 Å². The lowest BCUT2D eigenvalue weighted by atomic mass is 10.0. The van der Waals surface area contributed by atoms with E-state index in [1.165, 1.54) is 51.4 Å². The third kappa shape index (κ3) is 6.10. The predicted molar refractivity (Wildman–Crippen MR) is 76.4 cm³/mol. The fourth-order valence-corrected chi connectivity index (χ4v) is 2.25. The molecule has 1 unspecified atom stereocenters. The SMILES string of the molecule is CCCCCCCCCC(NC)c1ccncn1. The Morgan fingerprint density at radius 3 is 2.44 bits per heavy atom. The molecule has 0 spiro atoms. The molecule has 0 amide bonds. The number of hydrogen-bond donors (Lipinski definition) is 1. The molecule has 0 fully saturated rings. The summed E-state index contributed by atoms with van der Waals surface area (Å²) in [6, 6.07) is 2.38. The number of aromatic nitrogens is 2. The molecule has 0 radical (unpaired) electrons. The Morgan fingerprint density at radius 2 is 1.83 bits per heavy atom. The first-order valence-corrected chi connectivity index (χ1v) is 7.31. The van der Waals surface area contributed by atoms with Crippen molar-refractivity contribution in [1.82, 2.24) is 15.3 Å². The van der Waals surface area contributed by atoms with E-state index in [1.54, 1.807) is 6.33 Å². The van der Waals surface area contributed by atoms with E-state index >= 15 is 0 Å². The van der Waals surface area contributed by atoms with Gasteiger partial charge in [0.2, 0.25) is 0 Å². The molecule has 0 bridgehead atoms. The topological polar surface area (TPSA) is 37.8 Å². The van der Waals surface area contributed by atoms with Crippen molar-refractivity contribution in [3.8, 4) is 0 Å². The molecule has 1 heterocycles. The lowest BCUT2D eigenvalue weighted by molar-refractivity contribution is 0.487. The average molecular weight is 249 g/mol. The minimum atomic E-state index is 0.378. The normalized spacial score (nSPS) is 12.6. The van der Waals surface area contributed by atoms with Crippen molar-refractivity contribution in [2.24, 2.45) is 0 Å². The van der Waals surface area contributed by atoms with Crippen LogP contribution in [0.3, 0.4) is 0 Å². The molecule has 18 heavy (non-hydrogen) atoms. The van der Waals surface area contributed by atoms with Crippen LogP contribution < -0.4 is 5.32 Å². The van der Waals surface area contributed by atoms with Crippen LogP contribution in [0, 0.1) is 0 Å². The van der Waals surface area contributed by atoms with Crippen LogP contribution in [-0.4, -0.2) is 17.0 Å². The predicted octanol–water partition coefficient (Wildman–Crippen LogP) is 3.88. The highest BCUT2D eigenvalue weighted by Gasteiger charge is 2.09. The van der Waals surface area contributed by atoms with E-state index in [2.05, 4.69) is 22.2 Å². The van der Waals surface area contributed by atoms with Crippen LogP contribution in [0.25, 0.3) is 0 Å². The summed E-state index contributed by atoms with van der Waals surface area (Å²) >= 11 is 0. The van der Waals surface area contributed by atoms with E-state index in [1.807, 2.05) is 19.3 Å². The molecule has 0 saturated heterocycles. The second-order valence-electron chi connectivity index (χ2n) is 4.89. The summed E-state index contributed by atoms with van der Waals surface area (Å²) in [5, 5.41) is 3.34. The van der Waals surface area contributed by atoms with Gasteiger partial charge in [-0.2, -0.15) is 0 Å². The lowest BCUT2D eigenvalue weighted by Gasteiger charge is -2.14. The summed E-state index contributed by atoms with van der Waals surface area (Å²) in [6.45, 7) is 2.26. The van der Waals surface area contributed by atoms with Crippen molar-refractivity contribution in [3.05, 3.63) is 24.3 Å². The highest BCUT2D eigenvalue weighted by Crippen LogP contribution is 2.17. The fraction of sp³-hybridized carbons (Fsp3) is 0.733. The Hall–Kier alpha value is -0.960. The van der Waals surface area contributed by atoms with Gasteiger partial charge in [0.1, 0.15) is 6.33 Å². The minimum Gasteiger partial charge on any atom is -0.312 e. The molecular weight excluding hydrogens is 222 g/mol. The third-order valence-electron chi connectivity index (χ3n) is 3.41. The molecule has 3 nitrogen and oxygen atoms in total. The number of hydrogen-bond acceptors (Lipinski definition) is 3. The second-order valence-corrected chi connectivity index (χ2v) is 4.89. The van der Waals surface area contributed by atoms with Crippen molar-refractivity contribution in [3.63, 3.8) is 0 Å². The maximum atomic E-state index is 4.32. The van der Waals surface area contributed by atoms with Crippen molar-refractivity contribution in [2.45, 2.75) is 64.3 Å². The molecule has 1 aromatic heterocycles. The van der Waals surface area contributed by atoms with Gasteiger partial charge in [-0.3, -0.25) is 0 Å². The van der Waals surface area contributed by atoms with E-state index in [0.29, 0.717) is 6.04 Å². The molecule has 0 aliphatic rings. The summed E-state index contributed by atoms with van der Waals surface area (Å²) in [7, 11) is 2.01. The van der Waals surface area contributed by atoms with E-state index in [9.17, 15) is 0 Å². The molecule has 1 rings (SSSR count). The zero-order valence-corrected chi connectivity index (χ0v) is 11.9. The molecule has 1 atom stereocenters. The second kappa shape index (κ2) is 10.0. The van der Waals surface area contributed by atoms with Crippen molar-refractivity contribution >= 4 is 0 Å². The first-order chi connectivity index (χ1) is 8.88. The number of rotatable bonds is 10. The van der Waals surface area contributed by atoms with Crippen molar-refractivity contribution in [2.75, 3.05) is 7.05 Å². The molecule has 0 aliphatic heterocycles. The lowest BCUT2D eigenvalue weighted by Crippen LogP contribution is -2.17. The van der Waals surface area contributed by atoms with Crippen LogP contribution in [-0.2, 0) is 0 Å². The molecule has 0 aromatic carbocycles. The van der Waals surface area contributed by atoms with Crippen LogP contribution >= 0.6 is 0 Å². The Bertz CT molecular complexity index is 287. The van der Waals surface area contributed by atoms with E-state index in [0.717, 1.165) is 5.69 Å². The van der Waals surface area contributed by atoms with Crippen LogP contribution in [0.4, 0.5) is 0 Å². The van der Waals surface area contributed by atoms with Crippen molar-refractivity contribution in [1.29, 1.82) is 0 Å². The van der Waals surface area contributed by atoms with Crippen LogP contribution in [0.1, 0.15) is 70.0 Å². The minimum absolute atomic E-state index is 0.378. The monoisotopic (exact) mass is 249 g/mol. The molecule has 102 valence electrons. The summed E-state index contributed by atoms with van der Waals surface area (Å²) in [4.78, 5) is 8.28. The first-order valence-electron chi connectivity index (χ1n) is 7.31. The van der Waals surface area contributed by atoms with Gasteiger partial charge in [-0.05, 0) is 19.5 Å². The molecule has 0 aliphatic carbocycles. The van der Waals surface area contributed by atoms with Crippen molar-refractivity contribution < 1.29 is 0 Å². The van der Waals surface area contributed by atoms with E-state index in [-0.39, 0.29) is 0 Å². The maximum Gasteiger partial charge on any atom is 0.115 e. The van der Waals surface area contributed by atoms with Gasteiger partial charge in [-0.15, -0.1) is 0 Å². The largest absolute Gasteiger partial charge is 0.312 e. The molecule has 1 aromatic rings. The number of nitrogens with one attached hydrogen (secondary N) is 1. The summed E-state index contributed by atoms with van der Waals surface area (Å²) in [6.07, 6.45) is 14.1. The van der Waals surface area contributed by atoms with Gasteiger partial charge in [0, 0.05) is 12.2 Å². The Balaban J connectivity index is 2.13. The average Bonchev–Trinajstić information content (AvgIpc) is 2.43. The highest BCUT2D eigenvalue weighted by atomic mass is 14.9. The molecule has 0 saturated carbocycles.